The van der Waals surface area contributed by atoms with E-state index in [2.05, 4.69) is 15.9 Å². The van der Waals surface area contributed by atoms with Crippen LogP contribution in [0.3, 0.4) is 0 Å². The summed E-state index contributed by atoms with van der Waals surface area (Å²) in [7, 11) is -3.85. The summed E-state index contributed by atoms with van der Waals surface area (Å²) in [5.74, 6) is -1.56. The monoisotopic (exact) mass is 328 g/mol. The largest absolute Gasteiger partial charge is 0.290 e. The lowest BCUT2D eigenvalue weighted by Gasteiger charge is -2.16. The van der Waals surface area contributed by atoms with Gasteiger partial charge in [0.25, 0.3) is 3.12 Å². The fourth-order valence-electron chi connectivity index (χ4n) is 0.966. The zero-order chi connectivity index (χ0) is 12.6. The van der Waals surface area contributed by atoms with Gasteiger partial charge < -0.3 is 0 Å². The topological polar surface area (TPSA) is 51.2 Å². The maximum absolute atomic E-state index is 12.9. The van der Waals surface area contributed by atoms with Crippen LogP contribution in [-0.4, -0.2) is 23.6 Å². The van der Waals surface area contributed by atoms with Crippen LogP contribution in [0.15, 0.2) is 24.3 Å². The molecule has 0 spiro atoms. The van der Waals surface area contributed by atoms with Crippen molar-refractivity contribution < 1.29 is 17.6 Å². The van der Waals surface area contributed by atoms with Crippen molar-refractivity contribution in [2.75, 3.05) is 6.26 Å². The molecule has 1 rings (SSSR count). The highest BCUT2D eigenvalue weighted by molar-refractivity contribution is 9.12. The van der Waals surface area contributed by atoms with E-state index in [-0.39, 0.29) is 5.56 Å². The van der Waals surface area contributed by atoms with Crippen molar-refractivity contribution in [1.29, 1.82) is 0 Å². The summed E-state index contributed by atoms with van der Waals surface area (Å²) < 4.78 is 33.1. The molecule has 0 saturated heterocycles. The van der Waals surface area contributed by atoms with Crippen LogP contribution in [0.4, 0.5) is 4.39 Å². The van der Waals surface area contributed by atoms with Crippen molar-refractivity contribution >= 4 is 43.2 Å². The van der Waals surface area contributed by atoms with Gasteiger partial charge in [-0.3, -0.25) is 4.79 Å². The number of Topliss-reactive ketones (excluding diaryl/α,β-unsaturated/α-hetero) is 1. The molecule has 7 heteroatoms. The summed E-state index contributed by atoms with van der Waals surface area (Å²) in [4.78, 5) is 11.7. The lowest BCUT2D eigenvalue weighted by atomic mass is 10.1. The third kappa shape index (κ3) is 2.61. The Morgan fingerprint density at radius 2 is 2.06 bits per heavy atom. The van der Waals surface area contributed by atoms with Crippen LogP contribution in [0.2, 0.25) is 0 Å². The Morgan fingerprint density at radius 3 is 2.50 bits per heavy atom. The van der Waals surface area contributed by atoms with Gasteiger partial charge in [0.15, 0.2) is 9.84 Å². The molecule has 0 bridgehead atoms. The molecular weight excluding hydrogens is 323 g/mol. The van der Waals surface area contributed by atoms with E-state index in [0.717, 1.165) is 18.4 Å². The number of sulfone groups is 1. The van der Waals surface area contributed by atoms with Crippen molar-refractivity contribution in [1.82, 2.24) is 0 Å². The van der Waals surface area contributed by atoms with E-state index in [0.29, 0.717) is 0 Å². The number of benzene rings is 1. The van der Waals surface area contributed by atoms with Gasteiger partial charge in [0, 0.05) is 11.8 Å². The second-order valence-corrected chi connectivity index (χ2v) is 8.25. The van der Waals surface area contributed by atoms with Gasteiger partial charge in [0.2, 0.25) is 5.78 Å². The third-order valence-corrected chi connectivity index (χ3v) is 6.07. The molecule has 0 aliphatic carbocycles. The van der Waals surface area contributed by atoms with Gasteiger partial charge in [0.1, 0.15) is 5.82 Å². The van der Waals surface area contributed by atoms with Crippen LogP contribution in [0.1, 0.15) is 10.4 Å². The fraction of sp³-hybridized carbons (Fsp3) is 0.222. The van der Waals surface area contributed by atoms with E-state index in [4.69, 9.17) is 11.6 Å². The third-order valence-electron chi connectivity index (χ3n) is 1.82. The van der Waals surface area contributed by atoms with Crippen LogP contribution >= 0.6 is 27.5 Å². The van der Waals surface area contributed by atoms with Crippen molar-refractivity contribution in [2.24, 2.45) is 0 Å². The molecular formula is C9H7BrClFO3S. The molecule has 0 amide bonds. The minimum atomic E-state index is -3.85. The van der Waals surface area contributed by atoms with Crippen molar-refractivity contribution in [3.05, 3.63) is 35.6 Å². The Labute approximate surface area is 106 Å². The molecule has 0 saturated carbocycles. The van der Waals surface area contributed by atoms with Crippen LogP contribution in [0.5, 0.6) is 0 Å². The van der Waals surface area contributed by atoms with E-state index in [9.17, 15) is 17.6 Å². The quantitative estimate of drug-likeness (QED) is 0.632. The average molecular weight is 330 g/mol. The first-order valence-electron chi connectivity index (χ1n) is 4.04. The number of halogens is 3. The molecule has 0 radical (unpaired) electrons. The highest BCUT2D eigenvalue weighted by Gasteiger charge is 2.44. The van der Waals surface area contributed by atoms with Crippen molar-refractivity contribution in [3.8, 4) is 0 Å². The van der Waals surface area contributed by atoms with Gasteiger partial charge in [-0.15, -0.1) is 0 Å². The summed E-state index contributed by atoms with van der Waals surface area (Å²) in [6, 6.07) is 4.65. The molecule has 16 heavy (non-hydrogen) atoms. The summed E-state index contributed by atoms with van der Waals surface area (Å²) in [6.07, 6.45) is 0.811. The summed E-state index contributed by atoms with van der Waals surface area (Å²) in [5.41, 5.74) is -0.114. The molecule has 88 valence electrons. The molecule has 0 aliphatic heterocycles. The molecule has 0 N–H and O–H groups in total. The van der Waals surface area contributed by atoms with Gasteiger partial charge in [-0.05, 0) is 28.1 Å². The zero-order valence-electron chi connectivity index (χ0n) is 8.08. The van der Waals surface area contributed by atoms with E-state index in [1.807, 2.05) is 0 Å². The molecule has 0 aromatic heterocycles. The number of carbonyl (C=O) groups excluding carboxylic acids is 1. The number of hydrogen-bond donors (Lipinski definition) is 0. The maximum Gasteiger partial charge on any atom is 0.261 e. The number of alkyl halides is 2. The molecule has 1 unspecified atom stereocenters. The van der Waals surface area contributed by atoms with Crippen molar-refractivity contribution in [3.63, 3.8) is 0 Å². The average Bonchev–Trinajstić information content (AvgIpc) is 2.14. The highest BCUT2D eigenvalue weighted by atomic mass is 79.9. The summed E-state index contributed by atoms with van der Waals surface area (Å²) >= 11 is 8.24. The first-order valence-corrected chi connectivity index (χ1v) is 7.10. The van der Waals surface area contributed by atoms with Gasteiger partial charge in [-0.1, -0.05) is 23.7 Å². The van der Waals surface area contributed by atoms with Gasteiger partial charge in [-0.2, -0.15) is 0 Å². The van der Waals surface area contributed by atoms with Crippen LogP contribution in [0.25, 0.3) is 0 Å². The Bertz CT molecular complexity index is 527. The SMILES string of the molecule is CS(=O)(=O)C(Cl)(Br)C(=O)c1cccc(F)c1. The minimum Gasteiger partial charge on any atom is -0.290 e. The smallest absolute Gasteiger partial charge is 0.261 e. The molecule has 3 nitrogen and oxygen atoms in total. The lowest BCUT2D eigenvalue weighted by Crippen LogP contribution is -2.34. The van der Waals surface area contributed by atoms with E-state index in [1.165, 1.54) is 12.1 Å². The Morgan fingerprint density at radius 1 is 1.50 bits per heavy atom. The van der Waals surface area contributed by atoms with Crippen LogP contribution < -0.4 is 0 Å². The normalized spacial score (nSPS) is 15.5. The standard InChI is InChI=1S/C9H7BrClFO3S/c1-16(14,15)9(10,11)8(13)6-3-2-4-7(12)5-6/h2-5H,1H3. The van der Waals surface area contributed by atoms with Gasteiger partial charge in [-0.25, -0.2) is 12.8 Å². The lowest BCUT2D eigenvalue weighted by molar-refractivity contribution is 0.0999. The second-order valence-electron chi connectivity index (χ2n) is 3.13. The minimum absolute atomic E-state index is 0.114. The maximum atomic E-state index is 12.9. The Hall–Kier alpha value is -0.460. The molecule has 1 aromatic carbocycles. The second kappa shape index (κ2) is 4.43. The predicted octanol–water partition coefficient (Wildman–Crippen LogP) is 2.34. The van der Waals surface area contributed by atoms with E-state index in [1.54, 1.807) is 0 Å². The van der Waals surface area contributed by atoms with Crippen LogP contribution in [0, 0.1) is 5.82 Å². The Balaban J connectivity index is 3.23. The van der Waals surface area contributed by atoms with Crippen molar-refractivity contribution in [2.45, 2.75) is 3.12 Å². The summed E-state index contributed by atoms with van der Waals surface area (Å²) in [6.45, 7) is 0. The fourth-order valence-corrected chi connectivity index (χ4v) is 1.76. The first kappa shape index (κ1) is 13.6. The van der Waals surface area contributed by atoms with E-state index >= 15 is 0 Å². The number of rotatable bonds is 3. The zero-order valence-corrected chi connectivity index (χ0v) is 11.2. The summed E-state index contributed by atoms with van der Waals surface area (Å²) in [5, 5.41) is 0. The highest BCUT2D eigenvalue weighted by Crippen LogP contribution is 2.33. The number of carbonyl (C=O) groups is 1. The number of ketones is 1. The number of hydrogen-bond acceptors (Lipinski definition) is 3. The van der Waals surface area contributed by atoms with Crippen LogP contribution in [-0.2, 0) is 9.84 Å². The first-order chi connectivity index (χ1) is 7.16. The molecule has 0 heterocycles. The van der Waals surface area contributed by atoms with Gasteiger partial charge >= 0.3 is 0 Å². The molecule has 1 atom stereocenters. The molecule has 0 fully saturated rings. The van der Waals surface area contributed by atoms with E-state index < -0.39 is 24.6 Å². The predicted molar refractivity (Wildman–Crippen MR) is 63.1 cm³/mol. The van der Waals surface area contributed by atoms with Gasteiger partial charge in [0.05, 0.1) is 0 Å². The molecule has 0 aliphatic rings. The Kier molecular flexibility index (Phi) is 3.76. The molecule has 1 aromatic rings.